The van der Waals surface area contributed by atoms with E-state index in [4.69, 9.17) is 0 Å². The zero-order valence-electron chi connectivity index (χ0n) is 13.1. The van der Waals surface area contributed by atoms with Crippen molar-refractivity contribution in [2.45, 2.75) is 32.9 Å². The van der Waals surface area contributed by atoms with Gasteiger partial charge in [-0.2, -0.15) is 0 Å². The molecule has 1 aromatic heterocycles. The molecule has 0 saturated carbocycles. The number of nitrogens with one attached hydrogen (secondary N) is 1. The molecule has 0 fully saturated rings. The predicted octanol–water partition coefficient (Wildman–Crippen LogP) is 1.88. The Kier molecular flexibility index (Phi) is 5.46. The van der Waals surface area contributed by atoms with E-state index in [0.717, 1.165) is 6.42 Å². The topological polar surface area (TPSA) is 97.1 Å². The number of aliphatic carboxylic acids is 1. The average Bonchev–Trinajstić information content (AvgIpc) is 3.00. The van der Waals surface area contributed by atoms with Gasteiger partial charge in [-0.25, -0.2) is 4.79 Å². The maximum Gasteiger partial charge on any atom is 0.330 e. The van der Waals surface area contributed by atoms with Crippen LogP contribution in [0.5, 0.6) is 0 Å². The van der Waals surface area contributed by atoms with Crippen molar-refractivity contribution in [3.05, 3.63) is 47.8 Å². The average molecular weight is 316 g/mol. The number of hydrogen-bond donors (Lipinski definition) is 2. The van der Waals surface area contributed by atoms with Gasteiger partial charge in [0.25, 0.3) is 5.91 Å². The number of aryl methyl sites for hydroxylation is 1. The summed E-state index contributed by atoms with van der Waals surface area (Å²) in [5, 5.41) is 19.5. The minimum atomic E-state index is -1.13. The molecule has 7 nitrogen and oxygen atoms in total. The van der Waals surface area contributed by atoms with Gasteiger partial charge in [0, 0.05) is 6.54 Å². The summed E-state index contributed by atoms with van der Waals surface area (Å²) >= 11 is 0. The van der Waals surface area contributed by atoms with E-state index in [2.05, 4.69) is 29.5 Å². The first kappa shape index (κ1) is 16.7. The van der Waals surface area contributed by atoms with Crippen molar-refractivity contribution in [1.82, 2.24) is 20.3 Å². The monoisotopic (exact) mass is 316 g/mol. The van der Waals surface area contributed by atoms with Gasteiger partial charge in [-0.15, -0.1) is 5.10 Å². The molecule has 0 saturated heterocycles. The minimum Gasteiger partial charge on any atom is -0.479 e. The maximum atomic E-state index is 12.2. The Hall–Kier alpha value is -2.70. The summed E-state index contributed by atoms with van der Waals surface area (Å²) in [7, 11) is 0. The van der Waals surface area contributed by atoms with Crippen LogP contribution in [0.1, 0.15) is 42.4 Å². The Morgan fingerprint density at radius 2 is 1.96 bits per heavy atom. The molecule has 0 unspecified atom stereocenters. The van der Waals surface area contributed by atoms with Gasteiger partial charge in [0.05, 0.1) is 6.20 Å². The van der Waals surface area contributed by atoms with Crippen LogP contribution in [0.4, 0.5) is 0 Å². The van der Waals surface area contributed by atoms with Gasteiger partial charge < -0.3 is 10.4 Å². The van der Waals surface area contributed by atoms with Crippen LogP contribution < -0.4 is 5.32 Å². The number of rotatable bonds is 7. The van der Waals surface area contributed by atoms with Crippen molar-refractivity contribution in [2.24, 2.45) is 5.92 Å². The summed E-state index contributed by atoms with van der Waals surface area (Å²) < 4.78 is 1.59. The molecule has 1 aromatic carbocycles. The second kappa shape index (κ2) is 7.53. The van der Waals surface area contributed by atoms with Crippen molar-refractivity contribution in [3.8, 4) is 0 Å². The Morgan fingerprint density at radius 1 is 1.26 bits per heavy atom. The fraction of sp³-hybridized carbons (Fsp3) is 0.375. The molecule has 0 aliphatic heterocycles. The summed E-state index contributed by atoms with van der Waals surface area (Å²) in [4.78, 5) is 23.6. The lowest BCUT2D eigenvalue weighted by molar-refractivity contribution is -0.139. The third-order valence-electron chi connectivity index (χ3n) is 3.36. The largest absolute Gasteiger partial charge is 0.479 e. The molecule has 0 aliphatic rings. The molecule has 1 heterocycles. The summed E-state index contributed by atoms with van der Waals surface area (Å²) in [5.41, 5.74) is 0.608. The van der Waals surface area contributed by atoms with Gasteiger partial charge in [-0.3, -0.25) is 9.48 Å². The van der Waals surface area contributed by atoms with Crippen LogP contribution >= 0.6 is 0 Å². The summed E-state index contributed by atoms with van der Waals surface area (Å²) in [6.07, 6.45) is 2.45. The van der Waals surface area contributed by atoms with E-state index in [-0.39, 0.29) is 5.69 Å². The number of carboxylic acids is 1. The molecule has 7 heteroatoms. The highest BCUT2D eigenvalue weighted by atomic mass is 16.4. The molecule has 0 radical (unpaired) electrons. The van der Waals surface area contributed by atoms with Crippen molar-refractivity contribution in [2.75, 3.05) is 0 Å². The highest BCUT2D eigenvalue weighted by molar-refractivity contribution is 5.94. The molecule has 122 valence electrons. The molecule has 1 amide bonds. The number of amides is 1. The zero-order chi connectivity index (χ0) is 16.8. The quantitative estimate of drug-likeness (QED) is 0.813. The third-order valence-corrected chi connectivity index (χ3v) is 3.36. The van der Waals surface area contributed by atoms with Crippen molar-refractivity contribution in [3.63, 3.8) is 0 Å². The Morgan fingerprint density at radius 3 is 2.57 bits per heavy atom. The first-order valence-electron chi connectivity index (χ1n) is 7.46. The van der Waals surface area contributed by atoms with Gasteiger partial charge in [-0.1, -0.05) is 49.4 Å². The molecular weight excluding hydrogens is 296 g/mol. The number of carbonyl (C=O) groups excluding carboxylic acids is 1. The lowest BCUT2D eigenvalue weighted by Crippen LogP contribution is -2.33. The molecule has 2 aromatic rings. The normalized spacial score (nSPS) is 12.1. The van der Waals surface area contributed by atoms with E-state index in [1.807, 2.05) is 0 Å². The molecule has 0 aliphatic carbocycles. The Balaban J connectivity index is 2.06. The highest BCUT2D eigenvalue weighted by Crippen LogP contribution is 2.13. The highest BCUT2D eigenvalue weighted by Gasteiger charge is 2.23. The van der Waals surface area contributed by atoms with Crippen LogP contribution in [-0.2, 0) is 11.3 Å². The van der Waals surface area contributed by atoms with Crippen LogP contribution in [0.2, 0.25) is 0 Å². The first-order chi connectivity index (χ1) is 11.0. The van der Waals surface area contributed by atoms with Crippen LogP contribution in [0.15, 0.2) is 36.5 Å². The van der Waals surface area contributed by atoms with Crippen LogP contribution in [0, 0.1) is 5.92 Å². The predicted molar refractivity (Wildman–Crippen MR) is 83.8 cm³/mol. The van der Waals surface area contributed by atoms with E-state index >= 15 is 0 Å². The number of aromatic nitrogens is 3. The van der Waals surface area contributed by atoms with Gasteiger partial charge in [0.2, 0.25) is 0 Å². The van der Waals surface area contributed by atoms with Crippen molar-refractivity contribution < 1.29 is 14.7 Å². The number of hydrogen-bond acceptors (Lipinski definition) is 4. The minimum absolute atomic E-state index is 0.107. The Bertz CT molecular complexity index is 667. The molecular formula is C16H20N4O3. The second-order valence-electron chi connectivity index (χ2n) is 5.70. The van der Waals surface area contributed by atoms with Crippen LogP contribution in [0.25, 0.3) is 0 Å². The SMILES string of the molecule is CC(C)CCn1cc(C(=O)N[C@@H](C(=O)O)c2ccccc2)nn1. The summed E-state index contributed by atoms with van der Waals surface area (Å²) in [6, 6.07) is 7.41. The molecule has 2 rings (SSSR count). The maximum absolute atomic E-state index is 12.2. The molecule has 0 spiro atoms. The van der Waals surface area contributed by atoms with E-state index in [0.29, 0.717) is 18.0 Å². The van der Waals surface area contributed by atoms with E-state index in [9.17, 15) is 14.7 Å². The molecule has 2 N–H and O–H groups in total. The van der Waals surface area contributed by atoms with Crippen molar-refractivity contribution in [1.29, 1.82) is 0 Å². The van der Waals surface area contributed by atoms with Crippen LogP contribution in [-0.4, -0.2) is 32.0 Å². The van der Waals surface area contributed by atoms with Gasteiger partial charge >= 0.3 is 5.97 Å². The Labute approximate surface area is 134 Å². The molecule has 1 atom stereocenters. The second-order valence-corrected chi connectivity index (χ2v) is 5.70. The summed E-state index contributed by atoms with van der Waals surface area (Å²) in [6.45, 7) is 4.86. The van der Waals surface area contributed by atoms with Gasteiger partial charge in [0.15, 0.2) is 11.7 Å². The van der Waals surface area contributed by atoms with E-state index in [1.54, 1.807) is 35.0 Å². The molecule has 0 bridgehead atoms. The van der Waals surface area contributed by atoms with E-state index in [1.165, 1.54) is 6.20 Å². The van der Waals surface area contributed by atoms with Gasteiger partial charge in [0.1, 0.15) is 0 Å². The van der Waals surface area contributed by atoms with Crippen molar-refractivity contribution >= 4 is 11.9 Å². The number of carboxylic acid groups (broad SMARTS) is 1. The van der Waals surface area contributed by atoms with Crippen LogP contribution in [0.3, 0.4) is 0 Å². The first-order valence-corrected chi connectivity index (χ1v) is 7.46. The lowest BCUT2D eigenvalue weighted by atomic mass is 10.1. The smallest absolute Gasteiger partial charge is 0.330 e. The zero-order valence-corrected chi connectivity index (χ0v) is 13.1. The number of benzene rings is 1. The van der Waals surface area contributed by atoms with E-state index < -0.39 is 17.9 Å². The third kappa shape index (κ3) is 4.64. The summed E-state index contributed by atoms with van der Waals surface area (Å²) in [5.74, 6) is -1.17. The fourth-order valence-corrected chi connectivity index (χ4v) is 2.04. The molecule has 23 heavy (non-hydrogen) atoms. The number of nitrogens with zero attached hydrogens (tertiary/aromatic N) is 3. The standard InChI is InChI=1S/C16H20N4O3/c1-11(2)8-9-20-10-13(18-19-20)15(21)17-14(16(22)23)12-6-4-3-5-7-12/h3-7,10-11,14H,8-9H2,1-2H3,(H,17,21)(H,22,23)/t14-/m1/s1. The lowest BCUT2D eigenvalue weighted by Gasteiger charge is -2.13. The number of carbonyl (C=O) groups is 2. The fourth-order valence-electron chi connectivity index (χ4n) is 2.04. The van der Waals surface area contributed by atoms with Gasteiger partial charge in [-0.05, 0) is 17.9 Å².